The third-order valence-electron chi connectivity index (χ3n) is 3.50. The zero-order valence-corrected chi connectivity index (χ0v) is 11.6. The first kappa shape index (κ1) is 13.7. The van der Waals surface area contributed by atoms with E-state index in [-0.39, 0.29) is 5.82 Å². The second kappa shape index (κ2) is 5.52. The Morgan fingerprint density at radius 3 is 2.89 bits per heavy atom. The first-order valence-electron chi connectivity index (χ1n) is 6.45. The molecule has 0 saturated carbocycles. The molecule has 2 atom stereocenters. The summed E-state index contributed by atoms with van der Waals surface area (Å²) in [5.74, 6) is 0.858. The minimum atomic E-state index is -0.507. The maximum Gasteiger partial charge on any atom is 0.376 e. The SMILES string of the molecule is COC(=O)c1nc(C)cc(N2CC(CN)CC2C)n1. The lowest BCUT2D eigenvalue weighted by Gasteiger charge is -2.23. The van der Waals surface area contributed by atoms with Crippen LogP contribution < -0.4 is 10.6 Å². The number of hydrogen-bond donors (Lipinski definition) is 1. The molecule has 2 N–H and O–H groups in total. The summed E-state index contributed by atoms with van der Waals surface area (Å²) >= 11 is 0. The van der Waals surface area contributed by atoms with Gasteiger partial charge in [0.2, 0.25) is 5.82 Å². The van der Waals surface area contributed by atoms with Crippen LogP contribution in [0, 0.1) is 12.8 Å². The molecule has 0 bridgehead atoms. The lowest BCUT2D eigenvalue weighted by Crippen LogP contribution is -2.29. The smallest absolute Gasteiger partial charge is 0.376 e. The number of carbonyl (C=O) groups excluding carboxylic acids is 1. The van der Waals surface area contributed by atoms with Gasteiger partial charge in [0.05, 0.1) is 7.11 Å². The van der Waals surface area contributed by atoms with E-state index in [0.29, 0.717) is 18.5 Å². The van der Waals surface area contributed by atoms with Crippen LogP contribution in [0.2, 0.25) is 0 Å². The molecule has 0 radical (unpaired) electrons. The number of aromatic nitrogens is 2. The van der Waals surface area contributed by atoms with Crippen LogP contribution in [0.15, 0.2) is 6.07 Å². The number of hydrogen-bond acceptors (Lipinski definition) is 6. The molecule has 1 aromatic heterocycles. The number of nitrogens with zero attached hydrogens (tertiary/aromatic N) is 3. The van der Waals surface area contributed by atoms with Crippen LogP contribution in [0.5, 0.6) is 0 Å². The van der Waals surface area contributed by atoms with Crippen molar-refractivity contribution in [2.24, 2.45) is 11.7 Å². The van der Waals surface area contributed by atoms with Crippen molar-refractivity contribution in [1.29, 1.82) is 0 Å². The van der Waals surface area contributed by atoms with Crippen molar-refractivity contribution >= 4 is 11.8 Å². The van der Waals surface area contributed by atoms with Gasteiger partial charge in [0.1, 0.15) is 5.82 Å². The van der Waals surface area contributed by atoms with Crippen LogP contribution in [-0.2, 0) is 4.74 Å². The lowest BCUT2D eigenvalue weighted by atomic mass is 10.1. The number of aryl methyl sites for hydroxylation is 1. The molecule has 19 heavy (non-hydrogen) atoms. The maximum atomic E-state index is 11.5. The zero-order chi connectivity index (χ0) is 14.0. The van der Waals surface area contributed by atoms with Gasteiger partial charge < -0.3 is 15.4 Å². The van der Waals surface area contributed by atoms with Crippen molar-refractivity contribution in [3.8, 4) is 0 Å². The Bertz CT molecular complexity index is 478. The number of rotatable bonds is 3. The number of methoxy groups -OCH3 is 1. The molecule has 0 spiro atoms. The second-order valence-corrected chi connectivity index (χ2v) is 5.02. The van der Waals surface area contributed by atoms with Crippen molar-refractivity contribution in [2.45, 2.75) is 26.3 Å². The molecular weight excluding hydrogens is 244 g/mol. The molecule has 1 aliphatic rings. The number of carbonyl (C=O) groups is 1. The van der Waals surface area contributed by atoms with E-state index in [0.717, 1.165) is 24.5 Å². The summed E-state index contributed by atoms with van der Waals surface area (Å²) in [5.41, 5.74) is 6.49. The topological polar surface area (TPSA) is 81.3 Å². The first-order valence-corrected chi connectivity index (χ1v) is 6.45. The Morgan fingerprint density at radius 2 is 2.32 bits per heavy atom. The highest BCUT2D eigenvalue weighted by Crippen LogP contribution is 2.27. The van der Waals surface area contributed by atoms with E-state index in [9.17, 15) is 4.79 Å². The van der Waals surface area contributed by atoms with Crippen molar-refractivity contribution < 1.29 is 9.53 Å². The van der Waals surface area contributed by atoms with Gasteiger partial charge in [0.15, 0.2) is 0 Å². The van der Waals surface area contributed by atoms with Crippen molar-refractivity contribution in [2.75, 3.05) is 25.1 Å². The quantitative estimate of drug-likeness (QED) is 0.811. The zero-order valence-electron chi connectivity index (χ0n) is 11.6. The summed E-state index contributed by atoms with van der Waals surface area (Å²) in [5, 5.41) is 0. The fourth-order valence-corrected chi connectivity index (χ4v) is 2.51. The van der Waals surface area contributed by atoms with Gasteiger partial charge in [-0.15, -0.1) is 0 Å². The van der Waals surface area contributed by atoms with Crippen LogP contribution in [0.3, 0.4) is 0 Å². The van der Waals surface area contributed by atoms with Crippen LogP contribution in [0.4, 0.5) is 5.82 Å². The van der Waals surface area contributed by atoms with E-state index < -0.39 is 5.97 Å². The van der Waals surface area contributed by atoms with E-state index in [2.05, 4.69) is 26.5 Å². The van der Waals surface area contributed by atoms with E-state index in [1.807, 2.05) is 13.0 Å². The number of ether oxygens (including phenoxy) is 1. The van der Waals surface area contributed by atoms with Crippen LogP contribution >= 0.6 is 0 Å². The Labute approximate surface area is 113 Å². The molecule has 2 rings (SSSR count). The Hall–Kier alpha value is -1.69. The molecule has 104 valence electrons. The summed E-state index contributed by atoms with van der Waals surface area (Å²) in [4.78, 5) is 22.1. The van der Waals surface area contributed by atoms with Crippen LogP contribution in [-0.4, -0.2) is 42.2 Å². The Kier molecular flexibility index (Phi) is 3.99. The van der Waals surface area contributed by atoms with Gasteiger partial charge in [-0.2, -0.15) is 0 Å². The van der Waals surface area contributed by atoms with Crippen molar-refractivity contribution in [1.82, 2.24) is 9.97 Å². The van der Waals surface area contributed by atoms with Gasteiger partial charge in [0.25, 0.3) is 0 Å². The Balaban J connectivity index is 2.30. The molecule has 1 aliphatic heterocycles. The van der Waals surface area contributed by atoms with Gasteiger partial charge in [-0.25, -0.2) is 14.8 Å². The molecule has 0 aliphatic carbocycles. The molecule has 0 amide bonds. The molecule has 6 nitrogen and oxygen atoms in total. The first-order chi connectivity index (χ1) is 9.05. The average Bonchev–Trinajstić information content (AvgIpc) is 2.78. The molecule has 2 unspecified atom stereocenters. The molecule has 1 saturated heterocycles. The highest BCUT2D eigenvalue weighted by Gasteiger charge is 2.29. The molecule has 6 heteroatoms. The summed E-state index contributed by atoms with van der Waals surface area (Å²) < 4.78 is 4.68. The minimum absolute atomic E-state index is 0.112. The molecule has 1 fully saturated rings. The standard InChI is InChI=1S/C13H20N4O2/c1-8-4-11(16-12(15-8)13(18)19-3)17-7-10(6-14)5-9(17)2/h4,9-10H,5-7,14H2,1-3H3. The number of esters is 1. The third-order valence-corrected chi connectivity index (χ3v) is 3.50. The van der Waals surface area contributed by atoms with Gasteiger partial charge in [-0.05, 0) is 32.7 Å². The van der Waals surface area contributed by atoms with Crippen molar-refractivity contribution in [3.05, 3.63) is 17.6 Å². The molecule has 1 aromatic rings. The number of anilines is 1. The summed E-state index contributed by atoms with van der Waals surface area (Å²) in [6.45, 7) is 5.53. The summed E-state index contributed by atoms with van der Waals surface area (Å²) in [6.07, 6.45) is 1.05. The highest BCUT2D eigenvalue weighted by molar-refractivity contribution is 5.85. The highest BCUT2D eigenvalue weighted by atomic mass is 16.5. The largest absolute Gasteiger partial charge is 0.463 e. The molecule has 2 heterocycles. The third kappa shape index (κ3) is 2.84. The normalized spacial score (nSPS) is 22.6. The van der Waals surface area contributed by atoms with Gasteiger partial charge in [-0.1, -0.05) is 0 Å². The van der Waals surface area contributed by atoms with Gasteiger partial charge in [0, 0.05) is 24.3 Å². The average molecular weight is 264 g/mol. The van der Waals surface area contributed by atoms with E-state index in [1.165, 1.54) is 7.11 Å². The lowest BCUT2D eigenvalue weighted by molar-refractivity contribution is 0.0586. The van der Waals surface area contributed by atoms with E-state index in [4.69, 9.17) is 5.73 Å². The summed E-state index contributed by atoms with van der Waals surface area (Å²) in [7, 11) is 1.33. The predicted octanol–water partition coefficient (Wildman–Crippen LogP) is 0.745. The van der Waals surface area contributed by atoms with E-state index >= 15 is 0 Å². The van der Waals surface area contributed by atoms with Gasteiger partial charge in [-0.3, -0.25) is 0 Å². The number of nitrogens with two attached hydrogens (primary N) is 1. The molecule has 0 aromatic carbocycles. The Morgan fingerprint density at radius 1 is 1.58 bits per heavy atom. The summed E-state index contributed by atoms with van der Waals surface area (Å²) in [6, 6.07) is 2.26. The van der Waals surface area contributed by atoms with Crippen LogP contribution in [0.25, 0.3) is 0 Å². The van der Waals surface area contributed by atoms with Gasteiger partial charge >= 0.3 is 5.97 Å². The fourth-order valence-electron chi connectivity index (χ4n) is 2.51. The van der Waals surface area contributed by atoms with Crippen molar-refractivity contribution in [3.63, 3.8) is 0 Å². The monoisotopic (exact) mass is 264 g/mol. The van der Waals surface area contributed by atoms with E-state index in [1.54, 1.807) is 0 Å². The second-order valence-electron chi connectivity index (χ2n) is 5.02. The van der Waals surface area contributed by atoms with Crippen LogP contribution in [0.1, 0.15) is 29.7 Å². The predicted molar refractivity (Wildman–Crippen MR) is 72.1 cm³/mol. The molecular formula is C13H20N4O2. The maximum absolute atomic E-state index is 11.5. The minimum Gasteiger partial charge on any atom is -0.463 e. The fraction of sp³-hybridized carbons (Fsp3) is 0.615.